The van der Waals surface area contributed by atoms with Crippen molar-refractivity contribution < 1.29 is 31.2 Å². The van der Waals surface area contributed by atoms with Crippen molar-refractivity contribution >= 4 is 23.1 Å². The van der Waals surface area contributed by atoms with Crippen LogP contribution in [-0.2, 0) is 23.6 Å². The number of furan rings is 1. The quantitative estimate of drug-likeness (QED) is 0.314. The fourth-order valence-electron chi connectivity index (χ4n) is 2.17. The highest BCUT2D eigenvalue weighted by Crippen LogP contribution is 2.51. The fraction of sp³-hybridized carbons (Fsp3) is 0.267. The fourth-order valence-corrected chi connectivity index (χ4v) is 4.56. The Bertz CT molecular complexity index is 942. The lowest BCUT2D eigenvalue weighted by Crippen LogP contribution is -2.34. The predicted octanol–water partition coefficient (Wildman–Crippen LogP) is 2.72. The van der Waals surface area contributed by atoms with Crippen LogP contribution in [0.15, 0.2) is 52.0 Å². The van der Waals surface area contributed by atoms with Gasteiger partial charge in [-0.05, 0) is 31.2 Å². The third-order valence-corrected chi connectivity index (χ3v) is 6.86. The van der Waals surface area contributed by atoms with Crippen molar-refractivity contribution in [1.29, 1.82) is 0 Å². The Kier molecular flexibility index (Phi) is 6.30. The minimum absolute atomic E-state index is 0.0263. The first-order valence-electron chi connectivity index (χ1n) is 7.34. The summed E-state index contributed by atoms with van der Waals surface area (Å²) in [6.45, 7) is 1.82. The highest BCUT2D eigenvalue weighted by molar-refractivity contribution is 7.89. The molecule has 1 aromatic carbocycles. The Morgan fingerprint density at radius 2 is 1.85 bits per heavy atom. The summed E-state index contributed by atoms with van der Waals surface area (Å²) >= 11 is 0. The summed E-state index contributed by atoms with van der Waals surface area (Å²) in [6, 6.07) is 7.62. The molecule has 1 unspecified atom stereocenters. The third-order valence-electron chi connectivity index (χ3n) is 3.55. The van der Waals surface area contributed by atoms with Gasteiger partial charge >= 0.3 is 13.0 Å². The van der Waals surface area contributed by atoms with E-state index in [1.165, 1.54) is 30.5 Å². The molecule has 0 saturated carbocycles. The van der Waals surface area contributed by atoms with Crippen molar-refractivity contribution in [2.24, 2.45) is 0 Å². The zero-order valence-corrected chi connectivity index (χ0v) is 16.0. The van der Waals surface area contributed by atoms with E-state index in [0.717, 1.165) is 19.8 Å². The van der Waals surface area contributed by atoms with Crippen LogP contribution in [-0.4, -0.2) is 32.9 Å². The largest absolute Gasteiger partial charge is 0.467 e. The molecule has 0 aliphatic heterocycles. The Labute approximate surface area is 151 Å². The molecule has 140 valence electrons. The summed E-state index contributed by atoms with van der Waals surface area (Å²) in [6.07, 6.45) is 1.29. The molecule has 0 spiro atoms. The van der Waals surface area contributed by atoms with Gasteiger partial charge in [0.25, 0.3) is 0 Å². The summed E-state index contributed by atoms with van der Waals surface area (Å²) in [5.41, 5.74) is 9.70. The normalized spacial score (nSPS) is 13.2. The van der Waals surface area contributed by atoms with Crippen LogP contribution in [0.4, 0.5) is 0 Å². The monoisotopic (exact) mass is 399 g/mol. The second-order valence-electron chi connectivity index (χ2n) is 5.20. The lowest BCUT2D eigenvalue weighted by Gasteiger charge is -2.17. The molecule has 0 aliphatic rings. The smallest absolute Gasteiger partial charge is 0.439 e. The first-order chi connectivity index (χ1) is 12.3. The highest BCUT2D eigenvalue weighted by Gasteiger charge is 2.48. The average Bonchev–Trinajstić information content (AvgIpc) is 3.16. The molecule has 0 bridgehead atoms. The number of sulfonamides is 1. The Morgan fingerprint density at radius 1 is 1.23 bits per heavy atom. The van der Waals surface area contributed by atoms with Crippen LogP contribution in [0.2, 0.25) is 0 Å². The molecule has 1 heterocycles. The molecule has 11 heteroatoms. The van der Waals surface area contributed by atoms with Crippen molar-refractivity contribution in [1.82, 2.24) is 4.72 Å². The van der Waals surface area contributed by atoms with Crippen LogP contribution < -0.4 is 4.72 Å². The van der Waals surface area contributed by atoms with Crippen molar-refractivity contribution in [3.05, 3.63) is 59.5 Å². The second-order valence-corrected chi connectivity index (χ2v) is 9.10. The van der Waals surface area contributed by atoms with Gasteiger partial charge < -0.3 is 19.0 Å². The standard InChI is InChI=1S/C15H18N3O6PS/c1-11-6-8-12(9-7-11)26(20,21)18-14(13-5-4-10-24-13)15(17-16)25(19,22-2)23-3/h4-10,14,18H,1-3H3. The first-order valence-corrected chi connectivity index (χ1v) is 10.4. The molecule has 1 aromatic heterocycles. The lowest BCUT2D eigenvalue weighted by atomic mass is 10.2. The number of hydrogen-bond donors (Lipinski definition) is 1. The minimum atomic E-state index is -4.07. The molecule has 26 heavy (non-hydrogen) atoms. The van der Waals surface area contributed by atoms with Gasteiger partial charge in [0, 0.05) is 14.2 Å². The molecule has 2 aromatic rings. The third kappa shape index (κ3) is 4.19. The summed E-state index contributed by atoms with van der Waals surface area (Å²) < 4.78 is 55.3. The Morgan fingerprint density at radius 3 is 2.31 bits per heavy atom. The summed E-state index contributed by atoms with van der Waals surface area (Å²) in [5, 5.41) is 0. The first kappa shape index (κ1) is 20.3. The van der Waals surface area contributed by atoms with Crippen molar-refractivity contribution in [3.63, 3.8) is 0 Å². The van der Waals surface area contributed by atoms with E-state index in [1.54, 1.807) is 12.1 Å². The van der Waals surface area contributed by atoms with E-state index in [0.29, 0.717) is 0 Å². The zero-order chi connectivity index (χ0) is 19.4. The number of aryl methyl sites for hydroxylation is 1. The van der Waals surface area contributed by atoms with Gasteiger partial charge in [0.1, 0.15) is 5.76 Å². The number of nitrogens with zero attached hydrogens (tertiary/aromatic N) is 2. The molecule has 2 rings (SSSR count). The molecular weight excluding hydrogens is 381 g/mol. The van der Waals surface area contributed by atoms with E-state index in [2.05, 4.69) is 9.51 Å². The maximum atomic E-state index is 12.7. The molecule has 1 N–H and O–H groups in total. The summed E-state index contributed by atoms with van der Waals surface area (Å²) in [7, 11) is -5.96. The maximum absolute atomic E-state index is 12.7. The molecule has 9 nitrogen and oxygen atoms in total. The zero-order valence-electron chi connectivity index (χ0n) is 14.3. The Hall–Kier alpha value is -2.06. The summed E-state index contributed by atoms with van der Waals surface area (Å²) in [5.74, 6) is 0.0443. The minimum Gasteiger partial charge on any atom is -0.467 e. The number of rotatable bonds is 8. The van der Waals surface area contributed by atoms with Crippen molar-refractivity contribution in [2.75, 3.05) is 14.2 Å². The topological polar surface area (TPSA) is 131 Å². The number of hydrogen-bond acceptors (Lipinski definition) is 6. The predicted molar refractivity (Wildman–Crippen MR) is 93.2 cm³/mol. The summed E-state index contributed by atoms with van der Waals surface area (Å²) in [4.78, 5) is 2.94. The van der Waals surface area contributed by atoms with Gasteiger partial charge in [-0.2, -0.15) is 9.51 Å². The van der Waals surface area contributed by atoms with E-state index in [1.807, 2.05) is 6.92 Å². The molecular formula is C15H18N3O6PS. The van der Waals surface area contributed by atoms with Crippen LogP contribution in [0.25, 0.3) is 5.53 Å². The number of benzene rings is 1. The van der Waals surface area contributed by atoms with Gasteiger partial charge in [-0.25, -0.2) is 13.0 Å². The van der Waals surface area contributed by atoms with Crippen molar-refractivity contribution in [2.45, 2.75) is 17.9 Å². The molecule has 0 amide bonds. The van der Waals surface area contributed by atoms with E-state index in [9.17, 15) is 18.5 Å². The molecule has 0 radical (unpaired) electrons. The van der Waals surface area contributed by atoms with Crippen LogP contribution in [0, 0.1) is 6.92 Å². The number of nitrogens with one attached hydrogen (secondary N) is 1. The average molecular weight is 399 g/mol. The van der Waals surface area contributed by atoms with Gasteiger partial charge in [-0.15, -0.1) is 0 Å². The van der Waals surface area contributed by atoms with Crippen LogP contribution >= 0.6 is 7.60 Å². The SMILES string of the molecule is COP(=O)(OC)C(=[N+]=[N-])C(NS(=O)(=O)c1ccc(C)cc1)c1ccco1. The van der Waals surface area contributed by atoms with E-state index < -0.39 is 29.1 Å². The van der Waals surface area contributed by atoms with Crippen LogP contribution in [0.3, 0.4) is 0 Å². The van der Waals surface area contributed by atoms with E-state index in [-0.39, 0.29) is 10.7 Å². The van der Waals surface area contributed by atoms with Gasteiger partial charge in [-0.1, -0.05) is 17.7 Å². The van der Waals surface area contributed by atoms with Gasteiger partial charge in [0.05, 0.1) is 11.2 Å². The Balaban J connectivity index is 2.52. The molecule has 0 fully saturated rings. The highest BCUT2D eigenvalue weighted by atomic mass is 32.2. The van der Waals surface area contributed by atoms with Gasteiger partial charge in [0.2, 0.25) is 10.0 Å². The molecule has 0 saturated heterocycles. The van der Waals surface area contributed by atoms with Crippen LogP contribution in [0.1, 0.15) is 17.4 Å². The van der Waals surface area contributed by atoms with Gasteiger partial charge in [-0.3, -0.25) is 0 Å². The van der Waals surface area contributed by atoms with Crippen molar-refractivity contribution in [3.8, 4) is 0 Å². The molecule has 1 atom stereocenters. The van der Waals surface area contributed by atoms with Gasteiger partial charge in [0.15, 0.2) is 6.04 Å². The van der Waals surface area contributed by atoms with E-state index >= 15 is 0 Å². The lowest BCUT2D eigenvalue weighted by molar-refractivity contribution is -0.00874. The van der Waals surface area contributed by atoms with Crippen LogP contribution in [0.5, 0.6) is 0 Å². The second kappa shape index (κ2) is 8.09. The van der Waals surface area contributed by atoms with E-state index in [4.69, 9.17) is 13.5 Å². The maximum Gasteiger partial charge on any atom is 0.439 e. The molecule has 0 aliphatic carbocycles.